The maximum Gasteiger partial charge on any atom is 0.203 e. The molecule has 0 aromatic carbocycles. The lowest BCUT2D eigenvalue weighted by atomic mass is 9.96. The van der Waals surface area contributed by atoms with E-state index in [4.69, 9.17) is 4.98 Å². The first kappa shape index (κ1) is 14.0. The smallest absolute Gasteiger partial charge is 0.203 e. The molecule has 3 heteroatoms. The molecule has 2 aliphatic carbocycles. The van der Waals surface area contributed by atoms with Gasteiger partial charge in [0.05, 0.1) is 5.69 Å². The van der Waals surface area contributed by atoms with Crippen molar-refractivity contribution in [2.45, 2.75) is 78.8 Å². The second-order valence-corrected chi connectivity index (χ2v) is 7.94. The van der Waals surface area contributed by atoms with Crippen LogP contribution in [-0.4, -0.2) is 15.6 Å². The van der Waals surface area contributed by atoms with Crippen LogP contribution < -0.4 is 5.32 Å². The SMILES string of the molecule is Cc1cn(C2C(C)(C)C2(C)C)c(NC2CCCCC2)n1. The van der Waals surface area contributed by atoms with Crippen molar-refractivity contribution in [1.82, 2.24) is 9.55 Å². The molecule has 112 valence electrons. The van der Waals surface area contributed by atoms with Gasteiger partial charge in [0.25, 0.3) is 0 Å². The largest absolute Gasteiger partial charge is 0.353 e. The molecule has 1 heterocycles. The van der Waals surface area contributed by atoms with E-state index < -0.39 is 0 Å². The lowest BCUT2D eigenvalue weighted by Gasteiger charge is -2.24. The van der Waals surface area contributed by atoms with Gasteiger partial charge in [-0.2, -0.15) is 0 Å². The van der Waals surface area contributed by atoms with Crippen LogP contribution in [0.4, 0.5) is 5.95 Å². The van der Waals surface area contributed by atoms with Gasteiger partial charge in [-0.1, -0.05) is 47.0 Å². The number of aryl methyl sites for hydroxylation is 1. The number of nitrogens with zero attached hydrogens (tertiary/aromatic N) is 2. The van der Waals surface area contributed by atoms with Gasteiger partial charge in [0.15, 0.2) is 0 Å². The molecule has 0 unspecified atom stereocenters. The average molecular weight is 275 g/mol. The topological polar surface area (TPSA) is 29.9 Å². The minimum absolute atomic E-state index is 0.350. The number of imidazole rings is 1. The van der Waals surface area contributed by atoms with Crippen LogP contribution in [0.25, 0.3) is 0 Å². The summed E-state index contributed by atoms with van der Waals surface area (Å²) in [5.41, 5.74) is 1.83. The van der Waals surface area contributed by atoms with Gasteiger partial charge in [-0.25, -0.2) is 4.98 Å². The first-order valence-electron chi connectivity index (χ1n) is 8.16. The van der Waals surface area contributed by atoms with E-state index in [2.05, 4.69) is 50.7 Å². The van der Waals surface area contributed by atoms with Crippen LogP contribution in [0.5, 0.6) is 0 Å². The fraction of sp³-hybridized carbons (Fsp3) is 0.824. The van der Waals surface area contributed by atoms with Crippen molar-refractivity contribution in [3.63, 3.8) is 0 Å². The maximum absolute atomic E-state index is 4.75. The Morgan fingerprint density at radius 1 is 1.10 bits per heavy atom. The Hall–Kier alpha value is -0.990. The zero-order chi connectivity index (χ0) is 14.5. The van der Waals surface area contributed by atoms with Gasteiger partial charge < -0.3 is 9.88 Å². The number of aromatic nitrogens is 2. The minimum atomic E-state index is 0.350. The van der Waals surface area contributed by atoms with Gasteiger partial charge in [-0.05, 0) is 30.6 Å². The van der Waals surface area contributed by atoms with Gasteiger partial charge in [0, 0.05) is 18.3 Å². The monoisotopic (exact) mass is 275 g/mol. The Morgan fingerprint density at radius 3 is 2.25 bits per heavy atom. The van der Waals surface area contributed by atoms with Gasteiger partial charge in [0.2, 0.25) is 5.95 Å². The fourth-order valence-electron chi connectivity index (χ4n) is 4.11. The summed E-state index contributed by atoms with van der Waals surface area (Å²) in [6.07, 6.45) is 8.93. The molecule has 2 fully saturated rings. The molecule has 0 aliphatic heterocycles. The summed E-state index contributed by atoms with van der Waals surface area (Å²) in [4.78, 5) is 4.75. The van der Waals surface area contributed by atoms with E-state index in [1.165, 1.54) is 32.1 Å². The second kappa shape index (κ2) is 4.51. The molecular weight excluding hydrogens is 246 g/mol. The van der Waals surface area contributed by atoms with Gasteiger partial charge in [-0.3, -0.25) is 0 Å². The van der Waals surface area contributed by atoms with E-state index in [0.717, 1.165) is 11.6 Å². The Balaban J connectivity index is 1.82. The van der Waals surface area contributed by atoms with Gasteiger partial charge in [-0.15, -0.1) is 0 Å². The van der Waals surface area contributed by atoms with Crippen LogP contribution in [0.2, 0.25) is 0 Å². The molecule has 0 atom stereocenters. The molecule has 2 aliphatic rings. The molecule has 2 saturated carbocycles. The highest BCUT2D eigenvalue weighted by molar-refractivity contribution is 5.35. The Bertz CT molecular complexity index is 478. The number of anilines is 1. The molecule has 1 N–H and O–H groups in total. The van der Waals surface area contributed by atoms with Crippen LogP contribution in [0.3, 0.4) is 0 Å². The highest BCUT2D eigenvalue weighted by Crippen LogP contribution is 2.71. The normalized spacial score (nSPS) is 25.6. The Morgan fingerprint density at radius 2 is 1.70 bits per heavy atom. The summed E-state index contributed by atoms with van der Waals surface area (Å²) in [5.74, 6) is 1.10. The number of nitrogens with one attached hydrogen (secondary N) is 1. The number of hydrogen-bond donors (Lipinski definition) is 1. The highest BCUT2D eigenvalue weighted by atomic mass is 15.3. The van der Waals surface area contributed by atoms with Crippen molar-refractivity contribution in [2.75, 3.05) is 5.32 Å². The number of hydrogen-bond acceptors (Lipinski definition) is 2. The lowest BCUT2D eigenvalue weighted by Crippen LogP contribution is -2.24. The van der Waals surface area contributed by atoms with Crippen LogP contribution in [0.1, 0.15) is 71.5 Å². The predicted octanol–water partition coefficient (Wildman–Crippen LogP) is 4.54. The zero-order valence-electron chi connectivity index (χ0n) is 13.7. The van der Waals surface area contributed by atoms with E-state index in [0.29, 0.717) is 22.9 Å². The summed E-state index contributed by atoms with van der Waals surface area (Å²) in [6, 6.07) is 1.18. The van der Waals surface area contributed by atoms with Gasteiger partial charge >= 0.3 is 0 Å². The van der Waals surface area contributed by atoms with E-state index in [1.807, 2.05) is 0 Å². The Labute approximate surface area is 123 Å². The van der Waals surface area contributed by atoms with Crippen molar-refractivity contribution < 1.29 is 0 Å². The average Bonchev–Trinajstić information content (AvgIpc) is 2.64. The maximum atomic E-state index is 4.75. The molecule has 3 rings (SSSR count). The first-order chi connectivity index (χ1) is 9.34. The zero-order valence-corrected chi connectivity index (χ0v) is 13.7. The van der Waals surface area contributed by atoms with Crippen molar-refractivity contribution >= 4 is 5.95 Å². The first-order valence-corrected chi connectivity index (χ1v) is 8.16. The summed E-state index contributed by atoms with van der Waals surface area (Å²) < 4.78 is 2.41. The fourth-order valence-corrected chi connectivity index (χ4v) is 4.11. The quantitative estimate of drug-likeness (QED) is 0.877. The van der Waals surface area contributed by atoms with Crippen LogP contribution in [0, 0.1) is 17.8 Å². The second-order valence-electron chi connectivity index (χ2n) is 7.94. The standard InChI is InChI=1S/C17H29N3/c1-12-11-20(14-16(2,3)17(14,4)5)15(18-12)19-13-9-7-6-8-10-13/h11,13-14H,6-10H2,1-5H3,(H,18,19). The predicted molar refractivity (Wildman–Crippen MR) is 84.1 cm³/mol. The third kappa shape index (κ3) is 2.06. The summed E-state index contributed by atoms with van der Waals surface area (Å²) in [7, 11) is 0. The van der Waals surface area contributed by atoms with Gasteiger partial charge in [0.1, 0.15) is 0 Å². The molecule has 1 aromatic heterocycles. The van der Waals surface area contributed by atoms with Crippen LogP contribution in [0.15, 0.2) is 6.20 Å². The van der Waals surface area contributed by atoms with Crippen LogP contribution >= 0.6 is 0 Å². The third-order valence-electron chi connectivity index (χ3n) is 6.01. The Kier molecular flexibility index (Phi) is 3.15. The van der Waals surface area contributed by atoms with Crippen LogP contribution in [-0.2, 0) is 0 Å². The van der Waals surface area contributed by atoms with Crippen molar-refractivity contribution in [3.8, 4) is 0 Å². The van der Waals surface area contributed by atoms with E-state index in [1.54, 1.807) is 0 Å². The van der Waals surface area contributed by atoms with E-state index in [-0.39, 0.29) is 0 Å². The van der Waals surface area contributed by atoms with E-state index in [9.17, 15) is 0 Å². The molecule has 0 amide bonds. The number of rotatable bonds is 3. The summed E-state index contributed by atoms with van der Waals surface area (Å²) in [6.45, 7) is 11.6. The lowest BCUT2D eigenvalue weighted by molar-refractivity contribution is 0.457. The molecule has 20 heavy (non-hydrogen) atoms. The van der Waals surface area contributed by atoms with Crippen molar-refractivity contribution in [1.29, 1.82) is 0 Å². The third-order valence-corrected chi connectivity index (χ3v) is 6.01. The van der Waals surface area contributed by atoms with Crippen molar-refractivity contribution in [2.24, 2.45) is 10.8 Å². The molecule has 0 spiro atoms. The molecule has 0 bridgehead atoms. The molecule has 0 radical (unpaired) electrons. The summed E-state index contributed by atoms with van der Waals surface area (Å²) >= 11 is 0. The molecular formula is C17H29N3. The highest BCUT2D eigenvalue weighted by Gasteiger charge is 2.66. The molecule has 0 saturated heterocycles. The summed E-state index contributed by atoms with van der Waals surface area (Å²) in [5, 5.41) is 3.72. The van der Waals surface area contributed by atoms with Crippen molar-refractivity contribution in [3.05, 3.63) is 11.9 Å². The molecule has 3 nitrogen and oxygen atoms in total. The molecule has 1 aromatic rings. The minimum Gasteiger partial charge on any atom is -0.353 e. The van der Waals surface area contributed by atoms with E-state index >= 15 is 0 Å².